The Kier molecular flexibility index (Phi) is 6.28. The van der Waals surface area contributed by atoms with E-state index < -0.39 is 0 Å². The summed E-state index contributed by atoms with van der Waals surface area (Å²) < 4.78 is 7.94. The van der Waals surface area contributed by atoms with Crippen LogP contribution in [0, 0.1) is 0 Å². The highest BCUT2D eigenvalue weighted by Gasteiger charge is 2.29. The van der Waals surface area contributed by atoms with Crippen LogP contribution < -0.4 is 4.74 Å². The molecular weight excluding hydrogens is 440 g/mol. The van der Waals surface area contributed by atoms with Crippen molar-refractivity contribution in [1.82, 2.24) is 29.5 Å². The molecule has 2 aliphatic rings. The second-order valence-electron chi connectivity index (χ2n) is 8.76. The normalized spacial score (nSPS) is 19.7. The predicted molar refractivity (Wildman–Crippen MR) is 125 cm³/mol. The van der Waals surface area contributed by atoms with Crippen LogP contribution >= 0.6 is 11.6 Å². The maximum absolute atomic E-state index is 13.1. The van der Waals surface area contributed by atoms with E-state index in [1.807, 2.05) is 34.0 Å². The van der Waals surface area contributed by atoms with Crippen LogP contribution in [0.5, 0.6) is 11.6 Å². The molecule has 0 radical (unpaired) electrons. The van der Waals surface area contributed by atoms with Crippen molar-refractivity contribution in [2.24, 2.45) is 0 Å². The van der Waals surface area contributed by atoms with Gasteiger partial charge in [0.15, 0.2) is 0 Å². The first-order valence-electron chi connectivity index (χ1n) is 11.3. The van der Waals surface area contributed by atoms with E-state index in [2.05, 4.69) is 27.0 Å². The summed E-state index contributed by atoms with van der Waals surface area (Å²) in [5.41, 5.74) is 1.47. The molecule has 0 spiro atoms. The molecule has 1 amide bonds. The van der Waals surface area contributed by atoms with Gasteiger partial charge in [-0.1, -0.05) is 23.7 Å². The van der Waals surface area contributed by atoms with Crippen molar-refractivity contribution < 1.29 is 9.53 Å². The van der Waals surface area contributed by atoms with Gasteiger partial charge in [0.25, 0.3) is 5.91 Å². The average molecular weight is 467 g/mol. The maximum Gasteiger partial charge on any atom is 0.257 e. The van der Waals surface area contributed by atoms with Gasteiger partial charge in [0.2, 0.25) is 5.88 Å². The van der Waals surface area contributed by atoms with Gasteiger partial charge in [0.1, 0.15) is 11.4 Å². The van der Waals surface area contributed by atoms with E-state index in [9.17, 15) is 4.79 Å². The number of hydrogen-bond donors (Lipinski definition) is 0. The van der Waals surface area contributed by atoms with Gasteiger partial charge < -0.3 is 14.5 Å². The zero-order chi connectivity index (χ0) is 22.8. The van der Waals surface area contributed by atoms with Gasteiger partial charge in [-0.25, -0.2) is 4.98 Å². The first-order valence-corrected chi connectivity index (χ1v) is 11.7. The molecule has 8 nitrogen and oxygen atoms in total. The zero-order valence-electron chi connectivity index (χ0n) is 18.6. The molecule has 2 fully saturated rings. The number of likely N-dealkylation sites (N-methyl/N-ethyl adjacent to an activating group) is 1. The second-order valence-corrected chi connectivity index (χ2v) is 9.17. The molecule has 2 saturated heterocycles. The van der Waals surface area contributed by atoms with Gasteiger partial charge in [-0.2, -0.15) is 5.10 Å². The number of benzene rings is 1. The first-order chi connectivity index (χ1) is 16.1. The molecule has 1 aromatic carbocycles. The van der Waals surface area contributed by atoms with Crippen LogP contribution in [-0.2, 0) is 0 Å². The Balaban J connectivity index is 1.23. The van der Waals surface area contributed by atoms with Crippen molar-refractivity contribution >= 4 is 17.5 Å². The molecule has 9 heteroatoms. The molecule has 1 atom stereocenters. The Morgan fingerprint density at radius 2 is 1.88 bits per heavy atom. The summed E-state index contributed by atoms with van der Waals surface area (Å²) >= 11 is 6.25. The molecule has 172 valence electrons. The number of ether oxygens (including phenoxy) is 1. The van der Waals surface area contributed by atoms with Gasteiger partial charge in [-0.3, -0.25) is 14.5 Å². The van der Waals surface area contributed by atoms with Gasteiger partial charge >= 0.3 is 0 Å². The molecule has 2 aromatic heterocycles. The Hall–Kier alpha value is -2.97. The van der Waals surface area contributed by atoms with Crippen molar-refractivity contribution in [3.05, 3.63) is 65.3 Å². The molecule has 2 aliphatic heterocycles. The third-order valence-electron chi connectivity index (χ3n) is 6.49. The Labute approximate surface area is 198 Å². The molecule has 0 bridgehead atoms. The highest BCUT2D eigenvalue weighted by atomic mass is 35.5. The SMILES string of the molecule is CN1CC[C@@H](n2cc(C(=O)N3CCC(c4nccnc4Oc4ccccc4Cl)CC3)cn2)C1. The summed E-state index contributed by atoms with van der Waals surface area (Å²) in [6.07, 6.45) is 9.56. The van der Waals surface area contributed by atoms with Gasteiger partial charge in [-0.05, 0) is 45.0 Å². The molecule has 4 heterocycles. The Bertz CT molecular complexity index is 1130. The fourth-order valence-corrected chi connectivity index (χ4v) is 4.82. The molecule has 5 rings (SSSR count). The molecular formula is C24H27ClN6O2. The quantitative estimate of drug-likeness (QED) is 0.565. The number of hydrogen-bond acceptors (Lipinski definition) is 6. The molecule has 0 N–H and O–H groups in total. The van der Waals surface area contributed by atoms with Crippen molar-refractivity contribution in [2.75, 3.05) is 33.2 Å². The summed E-state index contributed by atoms with van der Waals surface area (Å²) in [5.74, 6) is 1.23. The Morgan fingerprint density at radius 1 is 1.09 bits per heavy atom. The number of piperidine rings is 1. The third-order valence-corrected chi connectivity index (χ3v) is 6.80. The first kappa shape index (κ1) is 21.9. The number of rotatable bonds is 5. The second kappa shape index (κ2) is 9.49. The van der Waals surface area contributed by atoms with Crippen LogP contribution in [0.25, 0.3) is 0 Å². The van der Waals surface area contributed by atoms with Crippen LogP contribution in [0.1, 0.15) is 47.3 Å². The van der Waals surface area contributed by atoms with Crippen LogP contribution in [0.15, 0.2) is 49.1 Å². The zero-order valence-corrected chi connectivity index (χ0v) is 19.4. The third kappa shape index (κ3) is 4.72. The van der Waals surface area contributed by atoms with Gasteiger partial charge in [0, 0.05) is 44.1 Å². The highest BCUT2D eigenvalue weighted by Crippen LogP contribution is 2.35. The average Bonchev–Trinajstić information content (AvgIpc) is 3.50. The topological polar surface area (TPSA) is 76.4 Å². The van der Waals surface area contributed by atoms with Crippen LogP contribution in [0.3, 0.4) is 0 Å². The fourth-order valence-electron chi connectivity index (χ4n) is 4.64. The van der Waals surface area contributed by atoms with E-state index in [1.54, 1.807) is 24.7 Å². The van der Waals surface area contributed by atoms with Gasteiger partial charge in [-0.15, -0.1) is 0 Å². The van der Waals surface area contributed by atoms with E-state index in [4.69, 9.17) is 16.3 Å². The summed E-state index contributed by atoms with van der Waals surface area (Å²) in [7, 11) is 2.11. The number of carbonyl (C=O) groups is 1. The molecule has 33 heavy (non-hydrogen) atoms. The lowest BCUT2D eigenvalue weighted by atomic mass is 9.93. The monoisotopic (exact) mass is 466 g/mol. The predicted octanol–water partition coefficient (Wildman–Crippen LogP) is 4.02. The smallest absolute Gasteiger partial charge is 0.257 e. The molecule has 0 unspecified atom stereocenters. The minimum Gasteiger partial charge on any atom is -0.436 e. The fraction of sp³-hybridized carbons (Fsp3) is 0.417. The largest absolute Gasteiger partial charge is 0.436 e. The summed E-state index contributed by atoms with van der Waals surface area (Å²) in [5, 5.41) is 4.99. The lowest BCUT2D eigenvalue weighted by molar-refractivity contribution is 0.0711. The number of para-hydroxylation sites is 1. The van der Waals surface area contributed by atoms with Crippen molar-refractivity contribution in [1.29, 1.82) is 0 Å². The standard InChI is InChI=1S/C24H27ClN6O2/c1-29-11-8-19(16-29)31-15-18(14-28-31)24(32)30-12-6-17(7-13-30)22-23(27-10-9-26-22)33-21-5-3-2-4-20(21)25/h2-5,9-10,14-15,17,19H,6-8,11-13,16H2,1H3/t19-/m1/s1. The van der Waals surface area contributed by atoms with Crippen molar-refractivity contribution in [3.8, 4) is 11.6 Å². The maximum atomic E-state index is 13.1. The number of amides is 1. The lowest BCUT2D eigenvalue weighted by Gasteiger charge is -2.31. The van der Waals surface area contributed by atoms with Gasteiger partial charge in [0.05, 0.1) is 22.8 Å². The van der Waals surface area contributed by atoms with E-state index >= 15 is 0 Å². The summed E-state index contributed by atoms with van der Waals surface area (Å²) in [4.78, 5) is 26.2. The number of likely N-dealkylation sites (tertiary alicyclic amines) is 2. The van der Waals surface area contributed by atoms with E-state index in [0.29, 0.717) is 41.3 Å². The number of aromatic nitrogens is 4. The number of halogens is 1. The molecule has 0 saturated carbocycles. The lowest BCUT2D eigenvalue weighted by Crippen LogP contribution is -2.38. The summed E-state index contributed by atoms with van der Waals surface area (Å²) in [6, 6.07) is 7.66. The van der Waals surface area contributed by atoms with Crippen LogP contribution in [0.2, 0.25) is 5.02 Å². The Morgan fingerprint density at radius 3 is 2.64 bits per heavy atom. The van der Waals surface area contributed by atoms with Crippen molar-refractivity contribution in [2.45, 2.75) is 31.2 Å². The van der Waals surface area contributed by atoms with Crippen LogP contribution in [-0.4, -0.2) is 68.7 Å². The minimum atomic E-state index is 0.0396. The van der Waals surface area contributed by atoms with Crippen LogP contribution in [0.4, 0.5) is 0 Å². The minimum absolute atomic E-state index is 0.0396. The summed E-state index contributed by atoms with van der Waals surface area (Å²) in [6.45, 7) is 3.34. The van der Waals surface area contributed by atoms with E-state index in [0.717, 1.165) is 38.0 Å². The molecule has 0 aliphatic carbocycles. The number of carbonyl (C=O) groups excluding carboxylic acids is 1. The van der Waals surface area contributed by atoms with Crippen molar-refractivity contribution in [3.63, 3.8) is 0 Å². The van der Waals surface area contributed by atoms with E-state index in [1.165, 1.54) is 0 Å². The molecule has 3 aromatic rings. The highest BCUT2D eigenvalue weighted by molar-refractivity contribution is 6.32. The number of nitrogens with zero attached hydrogens (tertiary/aromatic N) is 6. The van der Waals surface area contributed by atoms with E-state index in [-0.39, 0.29) is 11.8 Å².